The number of fused-ring (bicyclic) bond motifs is 1. The predicted octanol–water partition coefficient (Wildman–Crippen LogP) is 1.79. The molecule has 0 saturated carbocycles. The standard InChI is InChI=1S/C14H17N3O3S/c1-18-7-6-15-8-13-16-17-14(21-13)12-9-19-10-4-2-3-5-11(10)20-12/h2-5,12,15H,6-9H2,1H3. The third-order valence-corrected chi connectivity index (χ3v) is 4.04. The van der Waals surface area contributed by atoms with E-state index in [1.807, 2.05) is 24.3 Å². The van der Waals surface area contributed by atoms with Crippen LogP contribution in [-0.2, 0) is 11.3 Å². The van der Waals surface area contributed by atoms with E-state index in [9.17, 15) is 0 Å². The number of benzene rings is 1. The van der Waals surface area contributed by atoms with Crippen molar-refractivity contribution in [1.29, 1.82) is 0 Å². The Labute approximate surface area is 127 Å². The molecule has 112 valence electrons. The first kappa shape index (κ1) is 14.2. The molecule has 0 spiro atoms. The highest BCUT2D eigenvalue weighted by molar-refractivity contribution is 7.11. The van der Waals surface area contributed by atoms with Crippen LogP contribution in [0.25, 0.3) is 0 Å². The van der Waals surface area contributed by atoms with Crippen LogP contribution in [0.3, 0.4) is 0 Å². The molecule has 21 heavy (non-hydrogen) atoms. The van der Waals surface area contributed by atoms with Crippen molar-refractivity contribution in [3.8, 4) is 11.5 Å². The first-order valence-corrected chi connectivity index (χ1v) is 7.59. The number of ether oxygens (including phenoxy) is 3. The summed E-state index contributed by atoms with van der Waals surface area (Å²) in [4.78, 5) is 0. The van der Waals surface area contributed by atoms with Crippen molar-refractivity contribution in [2.24, 2.45) is 0 Å². The van der Waals surface area contributed by atoms with Gasteiger partial charge in [0, 0.05) is 20.2 Å². The van der Waals surface area contributed by atoms with Gasteiger partial charge in [0.15, 0.2) is 22.6 Å². The Morgan fingerprint density at radius 1 is 1.33 bits per heavy atom. The van der Waals surface area contributed by atoms with Gasteiger partial charge in [-0.05, 0) is 12.1 Å². The molecule has 6 nitrogen and oxygen atoms in total. The summed E-state index contributed by atoms with van der Waals surface area (Å²) >= 11 is 1.54. The number of hydrogen-bond acceptors (Lipinski definition) is 7. The van der Waals surface area contributed by atoms with Crippen LogP contribution in [0.5, 0.6) is 11.5 Å². The van der Waals surface area contributed by atoms with Gasteiger partial charge in [-0.15, -0.1) is 10.2 Å². The Balaban J connectivity index is 1.59. The van der Waals surface area contributed by atoms with Gasteiger partial charge in [-0.3, -0.25) is 0 Å². The van der Waals surface area contributed by atoms with Crippen molar-refractivity contribution < 1.29 is 14.2 Å². The summed E-state index contributed by atoms with van der Waals surface area (Å²) in [6, 6.07) is 7.65. The highest BCUT2D eigenvalue weighted by atomic mass is 32.1. The lowest BCUT2D eigenvalue weighted by Gasteiger charge is -2.24. The molecule has 2 heterocycles. The zero-order valence-corrected chi connectivity index (χ0v) is 12.6. The van der Waals surface area contributed by atoms with Crippen molar-refractivity contribution in [1.82, 2.24) is 15.5 Å². The Morgan fingerprint density at radius 2 is 2.19 bits per heavy atom. The normalized spacial score (nSPS) is 16.9. The van der Waals surface area contributed by atoms with Gasteiger partial charge in [0.05, 0.1) is 6.61 Å². The SMILES string of the molecule is COCCNCc1nnc(C2COc3ccccc3O2)s1. The summed E-state index contributed by atoms with van der Waals surface area (Å²) in [5.74, 6) is 1.53. The first-order valence-electron chi connectivity index (χ1n) is 6.77. The molecule has 0 saturated heterocycles. The lowest BCUT2D eigenvalue weighted by molar-refractivity contribution is 0.0906. The van der Waals surface area contributed by atoms with Gasteiger partial charge in [0.25, 0.3) is 0 Å². The van der Waals surface area contributed by atoms with E-state index in [1.54, 1.807) is 18.4 Å². The van der Waals surface area contributed by atoms with Gasteiger partial charge < -0.3 is 19.5 Å². The van der Waals surface area contributed by atoms with E-state index >= 15 is 0 Å². The van der Waals surface area contributed by atoms with Gasteiger partial charge in [0.1, 0.15) is 11.6 Å². The molecular formula is C14H17N3O3S. The number of nitrogens with one attached hydrogen (secondary N) is 1. The summed E-state index contributed by atoms with van der Waals surface area (Å²) < 4.78 is 16.6. The molecule has 1 atom stereocenters. The second-order valence-corrected chi connectivity index (χ2v) is 5.66. The topological polar surface area (TPSA) is 65.5 Å². The van der Waals surface area contributed by atoms with E-state index in [1.165, 1.54) is 0 Å². The predicted molar refractivity (Wildman–Crippen MR) is 78.8 cm³/mol. The molecule has 1 aromatic heterocycles. The molecular weight excluding hydrogens is 290 g/mol. The zero-order valence-electron chi connectivity index (χ0n) is 11.7. The van der Waals surface area contributed by atoms with Crippen LogP contribution >= 0.6 is 11.3 Å². The molecule has 1 aromatic carbocycles. The Hall–Kier alpha value is -1.70. The van der Waals surface area contributed by atoms with Crippen molar-refractivity contribution in [3.63, 3.8) is 0 Å². The molecule has 1 N–H and O–H groups in total. The highest BCUT2D eigenvalue weighted by Gasteiger charge is 2.25. The van der Waals surface area contributed by atoms with Crippen LogP contribution < -0.4 is 14.8 Å². The molecule has 0 radical (unpaired) electrons. The minimum atomic E-state index is -0.190. The summed E-state index contributed by atoms with van der Waals surface area (Å²) in [7, 11) is 1.68. The average molecular weight is 307 g/mol. The molecule has 0 fully saturated rings. The Morgan fingerprint density at radius 3 is 3.05 bits per heavy atom. The van der Waals surface area contributed by atoms with E-state index in [2.05, 4.69) is 15.5 Å². The summed E-state index contributed by atoms with van der Waals surface area (Å²) in [5.41, 5.74) is 0. The summed E-state index contributed by atoms with van der Waals surface area (Å²) in [6.45, 7) is 2.62. The maximum Gasteiger partial charge on any atom is 0.186 e. The van der Waals surface area contributed by atoms with Crippen molar-refractivity contribution in [3.05, 3.63) is 34.3 Å². The first-order chi connectivity index (χ1) is 10.4. The fraction of sp³-hybridized carbons (Fsp3) is 0.429. The number of methoxy groups -OCH3 is 1. The smallest absolute Gasteiger partial charge is 0.186 e. The van der Waals surface area contributed by atoms with E-state index in [-0.39, 0.29) is 6.10 Å². The lowest BCUT2D eigenvalue weighted by Crippen LogP contribution is -2.21. The molecule has 1 aliphatic heterocycles. The molecule has 0 aliphatic carbocycles. The van der Waals surface area contributed by atoms with Gasteiger partial charge in [0.2, 0.25) is 0 Å². The second kappa shape index (κ2) is 6.84. The quantitative estimate of drug-likeness (QED) is 0.821. The van der Waals surface area contributed by atoms with Gasteiger partial charge in [-0.2, -0.15) is 0 Å². The molecule has 2 aromatic rings. The van der Waals surface area contributed by atoms with Gasteiger partial charge in [-0.1, -0.05) is 23.5 Å². The third kappa shape index (κ3) is 3.49. The monoisotopic (exact) mass is 307 g/mol. The molecule has 7 heteroatoms. The third-order valence-electron chi connectivity index (χ3n) is 3.03. The van der Waals surface area contributed by atoms with E-state index < -0.39 is 0 Å². The molecule has 0 amide bonds. The number of para-hydroxylation sites is 2. The number of nitrogens with zero attached hydrogens (tertiary/aromatic N) is 2. The fourth-order valence-electron chi connectivity index (χ4n) is 1.98. The maximum atomic E-state index is 5.92. The Kier molecular flexibility index (Phi) is 4.64. The summed E-state index contributed by atoms with van der Waals surface area (Å²) in [5, 5.41) is 13.4. The molecule has 1 aliphatic rings. The summed E-state index contributed by atoms with van der Waals surface area (Å²) in [6.07, 6.45) is -0.190. The maximum absolute atomic E-state index is 5.92. The number of hydrogen-bond donors (Lipinski definition) is 1. The highest BCUT2D eigenvalue weighted by Crippen LogP contribution is 2.36. The van der Waals surface area contributed by atoms with Crippen LogP contribution in [0.1, 0.15) is 16.1 Å². The minimum absolute atomic E-state index is 0.190. The number of rotatable bonds is 6. The van der Waals surface area contributed by atoms with Crippen molar-refractivity contribution in [2.45, 2.75) is 12.6 Å². The molecule has 3 rings (SSSR count). The number of aromatic nitrogens is 2. The van der Waals surface area contributed by atoms with Crippen LogP contribution in [0.2, 0.25) is 0 Å². The van der Waals surface area contributed by atoms with E-state index in [0.717, 1.165) is 28.1 Å². The second-order valence-electron chi connectivity index (χ2n) is 4.57. The zero-order chi connectivity index (χ0) is 14.5. The van der Waals surface area contributed by atoms with Crippen LogP contribution in [0.4, 0.5) is 0 Å². The van der Waals surface area contributed by atoms with E-state index in [0.29, 0.717) is 19.8 Å². The largest absolute Gasteiger partial charge is 0.485 e. The van der Waals surface area contributed by atoms with E-state index in [4.69, 9.17) is 14.2 Å². The average Bonchev–Trinajstić information content (AvgIpc) is 3.00. The van der Waals surface area contributed by atoms with Crippen molar-refractivity contribution >= 4 is 11.3 Å². The van der Waals surface area contributed by atoms with Crippen LogP contribution in [0, 0.1) is 0 Å². The van der Waals surface area contributed by atoms with Gasteiger partial charge in [-0.25, -0.2) is 0 Å². The lowest BCUT2D eigenvalue weighted by atomic mass is 10.3. The van der Waals surface area contributed by atoms with Crippen molar-refractivity contribution in [2.75, 3.05) is 26.9 Å². The van der Waals surface area contributed by atoms with Crippen LogP contribution in [-0.4, -0.2) is 37.1 Å². The van der Waals surface area contributed by atoms with Gasteiger partial charge >= 0.3 is 0 Å². The Bertz CT molecular complexity index is 590. The fourth-order valence-corrected chi connectivity index (χ4v) is 2.81. The van der Waals surface area contributed by atoms with Crippen LogP contribution in [0.15, 0.2) is 24.3 Å². The minimum Gasteiger partial charge on any atom is -0.485 e. The molecule has 1 unspecified atom stereocenters. The molecule has 0 bridgehead atoms.